The van der Waals surface area contributed by atoms with Gasteiger partial charge in [0, 0.05) is 12.2 Å². The normalized spacial score (nSPS) is 12.6. The molecule has 0 bridgehead atoms. The zero-order valence-electron chi connectivity index (χ0n) is 14.6. The number of hydrogen-bond donors (Lipinski definition) is 0. The number of carbonyl (C=O) groups excluding carboxylic acids is 2. The standard InChI is InChI=1S/C18H32O4/c1-5-6-7-8-9-10-13-21-17(19)11-12-18(20)22-16(4)14-15(2)3/h11-12,15-16H,5-10,13-14H2,1-4H3/b12-11+. The number of hydrogen-bond acceptors (Lipinski definition) is 4. The van der Waals surface area contributed by atoms with Crippen molar-refractivity contribution in [1.82, 2.24) is 0 Å². The fourth-order valence-corrected chi connectivity index (χ4v) is 2.19. The Bertz CT molecular complexity index is 334. The maximum atomic E-state index is 11.5. The van der Waals surface area contributed by atoms with E-state index in [0.29, 0.717) is 12.5 Å². The van der Waals surface area contributed by atoms with Gasteiger partial charge in [0.25, 0.3) is 0 Å². The lowest BCUT2D eigenvalue weighted by Crippen LogP contribution is -2.15. The van der Waals surface area contributed by atoms with Crippen LogP contribution in [0.15, 0.2) is 12.2 Å². The van der Waals surface area contributed by atoms with Crippen molar-refractivity contribution >= 4 is 11.9 Å². The number of unbranched alkanes of at least 4 members (excludes halogenated alkanes) is 5. The van der Waals surface area contributed by atoms with Gasteiger partial charge < -0.3 is 9.47 Å². The molecule has 0 N–H and O–H groups in total. The summed E-state index contributed by atoms with van der Waals surface area (Å²) in [6.45, 7) is 8.58. The first-order valence-electron chi connectivity index (χ1n) is 8.51. The van der Waals surface area contributed by atoms with Gasteiger partial charge in [0.15, 0.2) is 0 Å². The van der Waals surface area contributed by atoms with Gasteiger partial charge in [0.1, 0.15) is 0 Å². The Kier molecular flexibility index (Phi) is 12.5. The Morgan fingerprint density at radius 1 is 0.909 bits per heavy atom. The molecule has 4 nitrogen and oxygen atoms in total. The van der Waals surface area contributed by atoms with Crippen molar-refractivity contribution in [3.05, 3.63) is 12.2 Å². The summed E-state index contributed by atoms with van der Waals surface area (Å²) in [6.07, 6.45) is 9.81. The molecule has 0 rings (SSSR count). The monoisotopic (exact) mass is 312 g/mol. The summed E-state index contributed by atoms with van der Waals surface area (Å²) >= 11 is 0. The van der Waals surface area contributed by atoms with Crippen LogP contribution >= 0.6 is 0 Å². The van der Waals surface area contributed by atoms with Gasteiger partial charge in [0.05, 0.1) is 12.7 Å². The topological polar surface area (TPSA) is 52.6 Å². The van der Waals surface area contributed by atoms with Gasteiger partial charge >= 0.3 is 11.9 Å². The lowest BCUT2D eigenvalue weighted by atomic mass is 10.1. The molecular weight excluding hydrogens is 280 g/mol. The molecule has 0 heterocycles. The lowest BCUT2D eigenvalue weighted by molar-refractivity contribution is -0.144. The minimum atomic E-state index is -0.496. The predicted octanol–water partition coefficient (Wildman–Crippen LogP) is 4.42. The van der Waals surface area contributed by atoms with E-state index in [9.17, 15) is 9.59 Å². The van der Waals surface area contributed by atoms with Crippen molar-refractivity contribution < 1.29 is 19.1 Å². The first-order chi connectivity index (χ1) is 10.5. The molecule has 0 aliphatic carbocycles. The van der Waals surface area contributed by atoms with Crippen molar-refractivity contribution in [1.29, 1.82) is 0 Å². The summed E-state index contributed by atoms with van der Waals surface area (Å²) in [7, 11) is 0. The second-order valence-electron chi connectivity index (χ2n) is 6.15. The highest BCUT2D eigenvalue weighted by atomic mass is 16.5. The van der Waals surface area contributed by atoms with Gasteiger partial charge in [-0.2, -0.15) is 0 Å². The second kappa shape index (κ2) is 13.4. The molecule has 0 aromatic carbocycles. The van der Waals surface area contributed by atoms with Crippen LogP contribution in [0.4, 0.5) is 0 Å². The molecule has 0 aliphatic rings. The van der Waals surface area contributed by atoms with Crippen molar-refractivity contribution in [2.45, 2.75) is 78.7 Å². The van der Waals surface area contributed by atoms with Crippen LogP contribution in [-0.4, -0.2) is 24.6 Å². The largest absolute Gasteiger partial charge is 0.463 e. The third-order valence-corrected chi connectivity index (χ3v) is 3.22. The van der Waals surface area contributed by atoms with E-state index in [1.807, 2.05) is 6.92 Å². The SMILES string of the molecule is CCCCCCCCOC(=O)/C=C/C(=O)OC(C)CC(C)C. The van der Waals surface area contributed by atoms with E-state index in [-0.39, 0.29) is 6.10 Å². The molecule has 22 heavy (non-hydrogen) atoms. The third-order valence-electron chi connectivity index (χ3n) is 3.22. The molecule has 0 saturated heterocycles. The van der Waals surface area contributed by atoms with Crippen LogP contribution < -0.4 is 0 Å². The molecule has 4 heteroatoms. The van der Waals surface area contributed by atoms with Crippen LogP contribution in [0.2, 0.25) is 0 Å². The highest BCUT2D eigenvalue weighted by Crippen LogP contribution is 2.08. The highest BCUT2D eigenvalue weighted by molar-refractivity contribution is 5.91. The molecule has 1 unspecified atom stereocenters. The highest BCUT2D eigenvalue weighted by Gasteiger charge is 2.09. The van der Waals surface area contributed by atoms with E-state index in [1.54, 1.807) is 0 Å². The van der Waals surface area contributed by atoms with E-state index >= 15 is 0 Å². The minimum Gasteiger partial charge on any atom is -0.463 e. The summed E-state index contributed by atoms with van der Waals surface area (Å²) in [6, 6.07) is 0. The van der Waals surface area contributed by atoms with E-state index in [2.05, 4.69) is 20.8 Å². The number of carbonyl (C=O) groups is 2. The summed E-state index contributed by atoms with van der Waals surface area (Å²) in [5.74, 6) is -0.513. The zero-order valence-corrected chi connectivity index (χ0v) is 14.6. The summed E-state index contributed by atoms with van der Waals surface area (Å²) in [5, 5.41) is 0. The van der Waals surface area contributed by atoms with Crippen LogP contribution in [0, 0.1) is 5.92 Å². The third kappa shape index (κ3) is 13.7. The molecule has 0 amide bonds. The Hall–Kier alpha value is -1.32. The number of rotatable bonds is 12. The lowest BCUT2D eigenvalue weighted by Gasteiger charge is -2.13. The van der Waals surface area contributed by atoms with Gasteiger partial charge in [0.2, 0.25) is 0 Å². The smallest absolute Gasteiger partial charge is 0.331 e. The molecule has 0 aromatic rings. The minimum absolute atomic E-state index is 0.142. The molecule has 0 radical (unpaired) electrons. The van der Waals surface area contributed by atoms with Crippen LogP contribution in [-0.2, 0) is 19.1 Å². The fourth-order valence-electron chi connectivity index (χ4n) is 2.19. The molecule has 0 spiro atoms. The van der Waals surface area contributed by atoms with E-state index in [1.165, 1.54) is 25.7 Å². The van der Waals surface area contributed by atoms with Crippen LogP contribution in [0.5, 0.6) is 0 Å². The quantitative estimate of drug-likeness (QED) is 0.304. The van der Waals surface area contributed by atoms with Crippen molar-refractivity contribution in [2.24, 2.45) is 5.92 Å². The van der Waals surface area contributed by atoms with Crippen LogP contribution in [0.3, 0.4) is 0 Å². The summed E-state index contributed by atoms with van der Waals surface area (Å²) in [4.78, 5) is 22.9. The Labute approximate surface area is 135 Å². The van der Waals surface area contributed by atoms with E-state index in [0.717, 1.165) is 31.4 Å². The van der Waals surface area contributed by atoms with Gasteiger partial charge in [-0.3, -0.25) is 0 Å². The summed E-state index contributed by atoms with van der Waals surface area (Å²) < 4.78 is 10.2. The first-order valence-corrected chi connectivity index (χ1v) is 8.51. The molecule has 0 aromatic heterocycles. The van der Waals surface area contributed by atoms with Crippen LogP contribution in [0.25, 0.3) is 0 Å². The molecular formula is C18H32O4. The van der Waals surface area contributed by atoms with Gasteiger partial charge in [-0.25, -0.2) is 9.59 Å². The molecule has 0 fully saturated rings. The Morgan fingerprint density at radius 2 is 1.50 bits per heavy atom. The average Bonchev–Trinajstić information content (AvgIpc) is 2.43. The first kappa shape index (κ1) is 20.7. The second-order valence-corrected chi connectivity index (χ2v) is 6.15. The van der Waals surface area contributed by atoms with Crippen molar-refractivity contribution in [2.75, 3.05) is 6.61 Å². The van der Waals surface area contributed by atoms with E-state index < -0.39 is 11.9 Å². The van der Waals surface area contributed by atoms with Crippen LogP contribution in [0.1, 0.15) is 72.6 Å². The van der Waals surface area contributed by atoms with Gasteiger partial charge in [-0.05, 0) is 25.7 Å². The zero-order chi connectivity index (χ0) is 16.8. The molecule has 1 atom stereocenters. The maximum Gasteiger partial charge on any atom is 0.331 e. The molecule has 0 saturated carbocycles. The molecule has 128 valence electrons. The summed E-state index contributed by atoms with van der Waals surface area (Å²) in [5.41, 5.74) is 0. The van der Waals surface area contributed by atoms with Gasteiger partial charge in [-0.15, -0.1) is 0 Å². The van der Waals surface area contributed by atoms with Crippen molar-refractivity contribution in [3.63, 3.8) is 0 Å². The average molecular weight is 312 g/mol. The predicted molar refractivity (Wildman–Crippen MR) is 88.5 cm³/mol. The van der Waals surface area contributed by atoms with E-state index in [4.69, 9.17) is 9.47 Å². The number of ether oxygens (including phenoxy) is 2. The Balaban J connectivity index is 3.70. The maximum absolute atomic E-state index is 11.5. The number of esters is 2. The Morgan fingerprint density at radius 3 is 2.14 bits per heavy atom. The van der Waals surface area contributed by atoms with Crippen molar-refractivity contribution in [3.8, 4) is 0 Å². The molecule has 0 aliphatic heterocycles. The fraction of sp³-hybridized carbons (Fsp3) is 0.778. The van der Waals surface area contributed by atoms with Gasteiger partial charge in [-0.1, -0.05) is 52.9 Å².